The summed E-state index contributed by atoms with van der Waals surface area (Å²) in [5.41, 5.74) is 0.651. The highest BCUT2D eigenvalue weighted by atomic mass is 35.5. The maximum absolute atomic E-state index is 16.7. The predicted molar refractivity (Wildman–Crippen MR) is 169 cm³/mol. The van der Waals surface area contributed by atoms with E-state index in [1.54, 1.807) is 36.4 Å². The molecule has 3 aliphatic heterocycles. The molecule has 234 valence electrons. The molecule has 0 N–H and O–H groups in total. The number of anilines is 1. The quantitative estimate of drug-likeness (QED) is 0.215. The number of ether oxygens (including phenoxy) is 1. The first-order valence-corrected chi connectivity index (χ1v) is 15.7. The van der Waals surface area contributed by atoms with Gasteiger partial charge in [-0.25, -0.2) is 13.2 Å². The van der Waals surface area contributed by atoms with E-state index in [9.17, 15) is 13.6 Å². The smallest absolute Gasteiger partial charge is 0.319 e. The number of nitrogens with zero attached hydrogens (tertiary/aromatic N) is 5. The van der Waals surface area contributed by atoms with Crippen LogP contribution < -0.4 is 9.64 Å². The van der Waals surface area contributed by atoms with E-state index in [-0.39, 0.29) is 46.8 Å². The molecule has 1 atom stereocenters. The van der Waals surface area contributed by atoms with E-state index < -0.39 is 23.4 Å². The van der Waals surface area contributed by atoms with Crippen LogP contribution in [0.15, 0.2) is 54.9 Å². The van der Waals surface area contributed by atoms with Gasteiger partial charge >= 0.3 is 6.01 Å². The van der Waals surface area contributed by atoms with Gasteiger partial charge in [-0.15, -0.1) is 0 Å². The van der Waals surface area contributed by atoms with Gasteiger partial charge in [0.1, 0.15) is 23.8 Å². The van der Waals surface area contributed by atoms with Crippen molar-refractivity contribution >= 4 is 45.0 Å². The first-order valence-electron chi connectivity index (χ1n) is 15.3. The van der Waals surface area contributed by atoms with E-state index in [1.807, 2.05) is 11.8 Å². The van der Waals surface area contributed by atoms with Crippen molar-refractivity contribution in [1.82, 2.24) is 19.8 Å². The van der Waals surface area contributed by atoms with Gasteiger partial charge < -0.3 is 14.5 Å². The van der Waals surface area contributed by atoms with Crippen LogP contribution in [0.1, 0.15) is 32.6 Å². The van der Waals surface area contributed by atoms with Crippen molar-refractivity contribution in [1.29, 1.82) is 0 Å². The Morgan fingerprint density at radius 3 is 2.56 bits per heavy atom. The van der Waals surface area contributed by atoms with Gasteiger partial charge in [0.15, 0.2) is 11.6 Å². The van der Waals surface area contributed by atoms with Crippen molar-refractivity contribution in [2.45, 2.75) is 44.2 Å². The third-order valence-electron chi connectivity index (χ3n) is 9.69. The predicted octanol–water partition coefficient (Wildman–Crippen LogP) is 6.91. The molecule has 0 aliphatic carbocycles. The molecule has 0 unspecified atom stereocenters. The fraction of sp³-hybridized carbons (Fsp3) is 0.382. The van der Waals surface area contributed by atoms with Gasteiger partial charge in [0.05, 0.1) is 10.6 Å². The van der Waals surface area contributed by atoms with Crippen LogP contribution in [0, 0.1) is 11.6 Å². The second-order valence-corrected chi connectivity index (χ2v) is 12.7. The molecule has 45 heavy (non-hydrogen) atoms. The number of carbonyl (C=O) groups excluding carboxylic acids is 1. The average Bonchev–Trinajstić information content (AvgIpc) is 3.62. The molecule has 7 nitrogen and oxygen atoms in total. The molecule has 0 saturated carbocycles. The lowest BCUT2D eigenvalue weighted by Crippen LogP contribution is -2.54. The minimum Gasteiger partial charge on any atom is -0.461 e. The van der Waals surface area contributed by atoms with Crippen LogP contribution in [-0.4, -0.2) is 76.6 Å². The van der Waals surface area contributed by atoms with Crippen molar-refractivity contribution < 1.29 is 22.7 Å². The van der Waals surface area contributed by atoms with Crippen LogP contribution >= 0.6 is 11.6 Å². The Bertz CT molecular complexity index is 1840. The van der Waals surface area contributed by atoms with Crippen LogP contribution in [0.4, 0.5) is 19.0 Å². The number of amides is 1. The number of hydrogen-bond acceptors (Lipinski definition) is 6. The molecule has 3 saturated heterocycles. The van der Waals surface area contributed by atoms with Crippen molar-refractivity contribution in [2.24, 2.45) is 0 Å². The number of carbonyl (C=O) groups is 1. The summed E-state index contributed by atoms with van der Waals surface area (Å²) in [6.07, 6.45) is 4.25. The Hall–Kier alpha value is -3.89. The molecule has 4 aromatic rings. The summed E-state index contributed by atoms with van der Waals surface area (Å²) in [6, 6.07) is 11.4. The van der Waals surface area contributed by atoms with Crippen molar-refractivity contribution in [2.75, 3.05) is 44.2 Å². The van der Waals surface area contributed by atoms with Crippen molar-refractivity contribution in [3.63, 3.8) is 0 Å². The highest BCUT2D eigenvalue weighted by Crippen LogP contribution is 2.41. The molecule has 3 fully saturated rings. The first kappa shape index (κ1) is 29.8. The van der Waals surface area contributed by atoms with Gasteiger partial charge in [-0.1, -0.05) is 48.5 Å². The second kappa shape index (κ2) is 11.5. The molecule has 7 rings (SSSR count). The van der Waals surface area contributed by atoms with E-state index in [1.165, 1.54) is 11.0 Å². The Morgan fingerprint density at radius 2 is 1.82 bits per heavy atom. The van der Waals surface area contributed by atoms with Crippen molar-refractivity contribution in [3.05, 3.63) is 71.5 Å². The zero-order valence-corrected chi connectivity index (χ0v) is 25.7. The number of halogens is 4. The third kappa shape index (κ3) is 5.08. The topological polar surface area (TPSA) is 61.8 Å². The summed E-state index contributed by atoms with van der Waals surface area (Å²) in [6.45, 7) is 8.33. The second-order valence-electron chi connectivity index (χ2n) is 12.3. The Kier molecular flexibility index (Phi) is 7.60. The SMILES string of the molecule is C=C(F)C(=O)N1CCN(c2nc(OCC34CCCN3CCC4)nc3c(F)c(-c4cccc5ccc(F)c(Cl)c45)ccc23)[C@@H](C)C1. The minimum absolute atomic E-state index is 0.0616. The number of aromatic nitrogens is 2. The van der Waals surface area contributed by atoms with Gasteiger partial charge in [0, 0.05) is 42.0 Å². The minimum atomic E-state index is -1.01. The molecule has 3 aliphatic rings. The van der Waals surface area contributed by atoms with Gasteiger partial charge in [-0.3, -0.25) is 9.69 Å². The fourth-order valence-corrected chi connectivity index (χ4v) is 7.71. The Morgan fingerprint density at radius 1 is 1.04 bits per heavy atom. The van der Waals surface area contributed by atoms with Gasteiger partial charge in [0.2, 0.25) is 0 Å². The lowest BCUT2D eigenvalue weighted by Gasteiger charge is -2.40. The number of fused-ring (bicyclic) bond motifs is 3. The summed E-state index contributed by atoms with van der Waals surface area (Å²) in [5, 5.41) is 1.47. The summed E-state index contributed by atoms with van der Waals surface area (Å²) in [4.78, 5) is 27.6. The normalized spacial score (nSPS) is 19.8. The lowest BCUT2D eigenvalue weighted by atomic mass is 9.95. The molecule has 1 amide bonds. The molecule has 0 radical (unpaired) electrons. The molecule has 0 spiro atoms. The summed E-state index contributed by atoms with van der Waals surface area (Å²) >= 11 is 6.41. The zero-order valence-electron chi connectivity index (χ0n) is 25.0. The highest BCUT2D eigenvalue weighted by Gasteiger charge is 2.45. The monoisotopic (exact) mass is 635 g/mol. The molecule has 1 aromatic heterocycles. The molecule has 11 heteroatoms. The van der Waals surface area contributed by atoms with Gasteiger partial charge in [-0.05, 0) is 68.8 Å². The summed E-state index contributed by atoms with van der Waals surface area (Å²) in [7, 11) is 0. The van der Waals surface area contributed by atoms with Crippen LogP contribution in [0.2, 0.25) is 5.02 Å². The molecule has 0 bridgehead atoms. The van der Waals surface area contributed by atoms with Crippen LogP contribution in [-0.2, 0) is 4.79 Å². The number of rotatable bonds is 6. The van der Waals surface area contributed by atoms with Gasteiger partial charge in [0.25, 0.3) is 5.91 Å². The number of hydrogen-bond donors (Lipinski definition) is 0. The van der Waals surface area contributed by atoms with Crippen LogP contribution in [0.25, 0.3) is 32.8 Å². The largest absolute Gasteiger partial charge is 0.461 e. The molecule has 3 aromatic carbocycles. The maximum Gasteiger partial charge on any atom is 0.319 e. The summed E-state index contributed by atoms with van der Waals surface area (Å²) < 4.78 is 51.2. The fourth-order valence-electron chi connectivity index (χ4n) is 7.44. The van der Waals surface area contributed by atoms with E-state index in [0.717, 1.165) is 38.8 Å². The van der Waals surface area contributed by atoms with Crippen LogP contribution in [0.3, 0.4) is 0 Å². The van der Waals surface area contributed by atoms with Gasteiger partial charge in [-0.2, -0.15) is 9.97 Å². The number of benzene rings is 3. The standard InChI is InChI=1S/C34H33ClF3N5O2/c1-20-18-41(32(44)21(2)36)16-17-43(20)31-25-10-9-24(23-7-3-6-22-8-11-26(37)28(35)27(22)23)29(38)30(25)39-33(40-31)45-19-34-12-4-14-42(34)15-5-13-34/h3,6-11,20H,2,4-5,12-19H2,1H3/t20-/m0/s1. The Labute approximate surface area is 264 Å². The molecule has 4 heterocycles. The first-order chi connectivity index (χ1) is 21.7. The Balaban J connectivity index is 1.33. The van der Waals surface area contributed by atoms with E-state index in [0.29, 0.717) is 40.7 Å². The maximum atomic E-state index is 16.7. The van der Waals surface area contributed by atoms with E-state index in [4.69, 9.17) is 21.3 Å². The molecular weight excluding hydrogens is 603 g/mol. The summed E-state index contributed by atoms with van der Waals surface area (Å²) in [5.74, 6) is -2.47. The van der Waals surface area contributed by atoms with E-state index >= 15 is 4.39 Å². The third-order valence-corrected chi connectivity index (χ3v) is 10.1. The zero-order chi connectivity index (χ0) is 31.5. The van der Waals surface area contributed by atoms with Crippen molar-refractivity contribution in [3.8, 4) is 17.1 Å². The highest BCUT2D eigenvalue weighted by molar-refractivity contribution is 6.37. The lowest BCUT2D eigenvalue weighted by molar-refractivity contribution is -0.129. The average molecular weight is 636 g/mol. The molecular formula is C34H33ClF3N5O2. The number of piperazine rings is 1. The van der Waals surface area contributed by atoms with Crippen LogP contribution in [0.5, 0.6) is 6.01 Å². The van der Waals surface area contributed by atoms with E-state index in [2.05, 4.69) is 16.5 Å².